The van der Waals surface area contributed by atoms with Crippen LogP contribution >= 0.6 is 15.9 Å². The number of hydrogen-bond acceptors (Lipinski definition) is 4. The van der Waals surface area contributed by atoms with Crippen LogP contribution in [0.3, 0.4) is 0 Å². The number of fused-ring (bicyclic) bond motifs is 1. The Morgan fingerprint density at radius 2 is 1.63 bits per heavy atom. The number of benzene rings is 3. The Bertz CT molecular complexity index is 1470. The Labute approximate surface area is 228 Å². The highest BCUT2D eigenvalue weighted by Gasteiger charge is 2.24. The largest absolute Gasteiger partial charge is 0.464 e. The molecule has 0 saturated heterocycles. The quantitative estimate of drug-likeness (QED) is 0.226. The van der Waals surface area contributed by atoms with Crippen molar-refractivity contribution in [1.82, 2.24) is 9.80 Å². The highest BCUT2D eigenvalue weighted by molar-refractivity contribution is 9.10. The second-order valence-electron chi connectivity index (χ2n) is 9.05. The summed E-state index contributed by atoms with van der Waals surface area (Å²) in [6, 6.07) is 19.8. The first kappa shape index (κ1) is 27.3. The molecule has 0 N–H and O–H groups in total. The van der Waals surface area contributed by atoms with Crippen LogP contribution in [-0.2, 0) is 17.9 Å². The molecule has 2 amide bonds. The van der Waals surface area contributed by atoms with Crippen molar-refractivity contribution in [3.63, 3.8) is 0 Å². The van der Waals surface area contributed by atoms with Gasteiger partial charge in [-0.3, -0.25) is 14.4 Å². The molecular formula is C30H28BrFN2O4. The summed E-state index contributed by atoms with van der Waals surface area (Å²) < 4.78 is 20.0. The van der Waals surface area contributed by atoms with Gasteiger partial charge in [-0.05, 0) is 60.5 Å². The van der Waals surface area contributed by atoms with Crippen LogP contribution in [0.15, 0.2) is 92.7 Å². The number of halogens is 2. The molecule has 38 heavy (non-hydrogen) atoms. The van der Waals surface area contributed by atoms with Gasteiger partial charge in [0.2, 0.25) is 5.91 Å². The van der Waals surface area contributed by atoms with Crippen LogP contribution in [0, 0.1) is 5.82 Å². The Morgan fingerprint density at radius 3 is 2.34 bits per heavy atom. The van der Waals surface area contributed by atoms with Crippen LogP contribution in [0.25, 0.3) is 11.0 Å². The lowest BCUT2D eigenvalue weighted by Gasteiger charge is -2.28. The predicted octanol–water partition coefficient (Wildman–Crippen LogP) is 6.17. The maximum absolute atomic E-state index is 13.7. The van der Waals surface area contributed by atoms with Crippen molar-refractivity contribution >= 4 is 38.7 Å². The standard InChI is InChI=1S/C30H28BrFN2O4/c1-2-3-16-33(30(37)22-10-12-24(31)13-11-22)19-28(35)34(17-21-8-14-25(32)15-9-21)18-23-20-38-27-7-5-4-6-26(27)29(23)36/h4-15,20H,2-3,16-19H2,1H3. The Morgan fingerprint density at radius 1 is 0.921 bits per heavy atom. The summed E-state index contributed by atoms with van der Waals surface area (Å²) in [5.41, 5.74) is 1.74. The zero-order chi connectivity index (χ0) is 27.1. The smallest absolute Gasteiger partial charge is 0.254 e. The van der Waals surface area contributed by atoms with Gasteiger partial charge in [0.05, 0.1) is 23.8 Å². The lowest BCUT2D eigenvalue weighted by Crippen LogP contribution is -2.43. The van der Waals surface area contributed by atoms with Crippen LogP contribution in [0.4, 0.5) is 4.39 Å². The molecule has 0 aliphatic carbocycles. The molecule has 0 aliphatic rings. The van der Waals surface area contributed by atoms with Crippen molar-refractivity contribution in [3.05, 3.63) is 116 Å². The summed E-state index contributed by atoms with van der Waals surface area (Å²) in [4.78, 5) is 43.2. The van der Waals surface area contributed by atoms with Gasteiger partial charge >= 0.3 is 0 Å². The van der Waals surface area contributed by atoms with E-state index in [4.69, 9.17) is 4.42 Å². The molecule has 196 valence electrons. The highest BCUT2D eigenvalue weighted by atomic mass is 79.9. The molecule has 0 saturated carbocycles. The third-order valence-electron chi connectivity index (χ3n) is 6.24. The molecule has 4 aromatic rings. The van der Waals surface area contributed by atoms with E-state index in [1.807, 2.05) is 6.92 Å². The molecule has 0 radical (unpaired) electrons. The van der Waals surface area contributed by atoms with Crippen molar-refractivity contribution in [2.24, 2.45) is 0 Å². The second-order valence-corrected chi connectivity index (χ2v) is 9.97. The number of para-hydroxylation sites is 1. The summed E-state index contributed by atoms with van der Waals surface area (Å²) in [5.74, 6) is -0.956. The van der Waals surface area contributed by atoms with E-state index in [2.05, 4.69) is 15.9 Å². The zero-order valence-corrected chi connectivity index (χ0v) is 22.6. The number of hydrogen-bond donors (Lipinski definition) is 0. The van der Waals surface area contributed by atoms with Crippen molar-refractivity contribution in [2.45, 2.75) is 32.9 Å². The molecule has 3 aromatic carbocycles. The molecule has 4 rings (SSSR count). The first-order valence-corrected chi connectivity index (χ1v) is 13.2. The van der Waals surface area contributed by atoms with Crippen molar-refractivity contribution < 1.29 is 18.4 Å². The molecule has 0 bridgehead atoms. The average molecular weight is 579 g/mol. The van der Waals surface area contributed by atoms with E-state index in [0.29, 0.717) is 34.2 Å². The Balaban J connectivity index is 1.62. The van der Waals surface area contributed by atoms with Gasteiger partial charge in [-0.15, -0.1) is 0 Å². The van der Waals surface area contributed by atoms with Crippen LogP contribution < -0.4 is 5.43 Å². The number of amides is 2. The van der Waals surface area contributed by atoms with E-state index in [9.17, 15) is 18.8 Å². The Kier molecular flexibility index (Phi) is 9.07. The zero-order valence-electron chi connectivity index (χ0n) is 21.0. The lowest BCUT2D eigenvalue weighted by molar-refractivity contribution is -0.133. The maximum atomic E-state index is 13.7. The summed E-state index contributed by atoms with van der Waals surface area (Å²) in [7, 11) is 0. The molecule has 0 unspecified atom stereocenters. The van der Waals surface area contributed by atoms with Gasteiger partial charge in [0.15, 0.2) is 5.43 Å². The first-order valence-electron chi connectivity index (χ1n) is 12.4. The molecule has 1 aromatic heterocycles. The van der Waals surface area contributed by atoms with Crippen LogP contribution in [-0.4, -0.2) is 34.7 Å². The number of unbranched alkanes of at least 4 members (excludes halogenated alkanes) is 1. The van der Waals surface area contributed by atoms with Gasteiger partial charge < -0.3 is 14.2 Å². The summed E-state index contributed by atoms with van der Waals surface area (Å²) in [5, 5.41) is 0.425. The fraction of sp³-hybridized carbons (Fsp3) is 0.233. The molecule has 8 heteroatoms. The van der Waals surface area contributed by atoms with E-state index >= 15 is 0 Å². The van der Waals surface area contributed by atoms with Gasteiger partial charge in [0.1, 0.15) is 17.9 Å². The summed E-state index contributed by atoms with van der Waals surface area (Å²) in [6.07, 6.45) is 2.97. The van der Waals surface area contributed by atoms with Crippen molar-refractivity contribution in [1.29, 1.82) is 0 Å². The third-order valence-corrected chi connectivity index (χ3v) is 6.77. The van der Waals surface area contributed by atoms with Gasteiger partial charge in [-0.2, -0.15) is 0 Å². The second kappa shape index (κ2) is 12.6. The van der Waals surface area contributed by atoms with Crippen molar-refractivity contribution in [3.8, 4) is 0 Å². The lowest BCUT2D eigenvalue weighted by atomic mass is 10.1. The highest BCUT2D eigenvalue weighted by Crippen LogP contribution is 2.16. The average Bonchev–Trinajstić information content (AvgIpc) is 2.93. The number of nitrogens with zero attached hydrogens (tertiary/aromatic N) is 2. The molecule has 0 aliphatic heterocycles. The number of carbonyl (C=O) groups is 2. The predicted molar refractivity (Wildman–Crippen MR) is 148 cm³/mol. The summed E-state index contributed by atoms with van der Waals surface area (Å²) in [6.45, 7) is 2.40. The number of carbonyl (C=O) groups excluding carboxylic acids is 2. The minimum Gasteiger partial charge on any atom is -0.464 e. The van der Waals surface area contributed by atoms with Crippen LogP contribution in [0.5, 0.6) is 0 Å². The third kappa shape index (κ3) is 6.75. The molecule has 6 nitrogen and oxygen atoms in total. The molecule has 0 spiro atoms. The Hall–Kier alpha value is -3.78. The van der Waals surface area contributed by atoms with Crippen molar-refractivity contribution in [2.75, 3.05) is 13.1 Å². The van der Waals surface area contributed by atoms with Gasteiger partial charge in [0.25, 0.3) is 5.91 Å². The van der Waals surface area contributed by atoms with Gasteiger partial charge in [0, 0.05) is 23.1 Å². The minimum atomic E-state index is -0.382. The topological polar surface area (TPSA) is 70.8 Å². The fourth-order valence-electron chi connectivity index (χ4n) is 4.11. The normalized spacial score (nSPS) is 10.9. The van der Waals surface area contributed by atoms with Gasteiger partial charge in [-0.25, -0.2) is 4.39 Å². The molecule has 1 heterocycles. The van der Waals surface area contributed by atoms with E-state index in [-0.39, 0.29) is 42.7 Å². The maximum Gasteiger partial charge on any atom is 0.254 e. The SMILES string of the molecule is CCCCN(CC(=O)N(Cc1ccc(F)cc1)Cc1coc2ccccc2c1=O)C(=O)c1ccc(Br)cc1. The monoisotopic (exact) mass is 578 g/mol. The van der Waals surface area contributed by atoms with E-state index in [1.165, 1.54) is 28.2 Å². The van der Waals surface area contributed by atoms with Gasteiger partial charge in [-0.1, -0.05) is 53.5 Å². The molecular weight excluding hydrogens is 551 g/mol. The minimum absolute atomic E-state index is 0.0164. The van der Waals surface area contributed by atoms with Crippen LogP contribution in [0.1, 0.15) is 41.3 Å². The van der Waals surface area contributed by atoms with E-state index < -0.39 is 0 Å². The first-order chi connectivity index (χ1) is 18.4. The number of rotatable bonds is 10. The van der Waals surface area contributed by atoms with E-state index in [0.717, 1.165) is 17.3 Å². The van der Waals surface area contributed by atoms with E-state index in [1.54, 1.807) is 60.7 Å². The molecule has 0 atom stereocenters. The van der Waals surface area contributed by atoms with Crippen LogP contribution in [0.2, 0.25) is 0 Å². The fourth-order valence-corrected chi connectivity index (χ4v) is 4.38. The molecule has 0 fully saturated rings. The summed E-state index contributed by atoms with van der Waals surface area (Å²) >= 11 is 3.38.